The van der Waals surface area contributed by atoms with Crippen LogP contribution in [0.3, 0.4) is 0 Å². The highest BCUT2D eigenvalue weighted by molar-refractivity contribution is 5.31. The largest absolute Gasteiger partial charge is 0.497 e. The molecule has 45 heavy (non-hydrogen) atoms. The van der Waals surface area contributed by atoms with Gasteiger partial charge in [-0.2, -0.15) is 5.06 Å². The molecule has 0 saturated heterocycles. The number of rotatable bonds is 20. The van der Waals surface area contributed by atoms with Crippen molar-refractivity contribution in [3.8, 4) is 23.0 Å². The van der Waals surface area contributed by atoms with Crippen LogP contribution in [0.2, 0.25) is 0 Å². The van der Waals surface area contributed by atoms with Crippen LogP contribution in [-0.4, -0.2) is 64.6 Å². The van der Waals surface area contributed by atoms with E-state index in [4.69, 9.17) is 23.8 Å². The minimum absolute atomic E-state index is 0.609. The van der Waals surface area contributed by atoms with Crippen LogP contribution in [0.25, 0.3) is 0 Å². The second kappa shape index (κ2) is 18.7. The fourth-order valence-electron chi connectivity index (χ4n) is 5.12. The van der Waals surface area contributed by atoms with Gasteiger partial charge in [0.25, 0.3) is 0 Å². The van der Waals surface area contributed by atoms with Crippen molar-refractivity contribution < 1.29 is 23.8 Å². The van der Waals surface area contributed by atoms with Crippen molar-refractivity contribution in [3.63, 3.8) is 0 Å². The molecule has 1 N–H and O–H groups in total. The SMILES string of the molecule is COc1cccc(CN(CCNCCCON(Cc2cccc(OC)c2)Cc2cccc(OC)c2)Cc2cccc(OC)c2)c1. The van der Waals surface area contributed by atoms with Gasteiger partial charge in [-0.05, 0) is 83.8 Å². The molecule has 4 rings (SSSR count). The van der Waals surface area contributed by atoms with Gasteiger partial charge in [0.15, 0.2) is 0 Å². The van der Waals surface area contributed by atoms with Crippen LogP contribution in [0.1, 0.15) is 28.7 Å². The van der Waals surface area contributed by atoms with E-state index < -0.39 is 0 Å². The molecule has 0 spiro atoms. The Morgan fingerprint density at radius 1 is 0.511 bits per heavy atom. The summed E-state index contributed by atoms with van der Waals surface area (Å²) in [4.78, 5) is 8.75. The molecular weight excluding hydrogens is 566 g/mol. The number of nitrogens with zero attached hydrogens (tertiary/aromatic N) is 2. The van der Waals surface area contributed by atoms with Crippen LogP contribution in [-0.2, 0) is 31.0 Å². The van der Waals surface area contributed by atoms with Crippen molar-refractivity contribution in [3.05, 3.63) is 119 Å². The van der Waals surface area contributed by atoms with E-state index >= 15 is 0 Å². The normalized spacial score (nSPS) is 11.2. The van der Waals surface area contributed by atoms with Crippen molar-refractivity contribution in [1.82, 2.24) is 15.3 Å². The van der Waals surface area contributed by atoms with Crippen molar-refractivity contribution >= 4 is 0 Å². The molecule has 0 heterocycles. The number of nitrogens with one attached hydrogen (secondary N) is 1. The van der Waals surface area contributed by atoms with E-state index in [0.717, 1.165) is 73.3 Å². The lowest BCUT2D eigenvalue weighted by atomic mass is 10.1. The molecule has 4 aromatic carbocycles. The predicted octanol–water partition coefficient (Wildman–Crippen LogP) is 6.34. The van der Waals surface area contributed by atoms with Gasteiger partial charge >= 0.3 is 0 Å². The molecule has 0 bridgehead atoms. The van der Waals surface area contributed by atoms with Gasteiger partial charge in [0.1, 0.15) is 23.0 Å². The summed E-state index contributed by atoms with van der Waals surface area (Å²) in [5.41, 5.74) is 4.70. The Balaban J connectivity index is 1.28. The predicted molar refractivity (Wildman–Crippen MR) is 179 cm³/mol. The lowest BCUT2D eigenvalue weighted by Crippen LogP contribution is -2.32. The molecule has 4 aromatic rings. The maximum Gasteiger partial charge on any atom is 0.119 e. The molecule has 0 unspecified atom stereocenters. The fraction of sp³-hybridized carbons (Fsp3) is 0.351. The maximum absolute atomic E-state index is 6.30. The molecule has 8 nitrogen and oxygen atoms in total. The number of benzene rings is 4. The Hall–Kier alpha value is -4.08. The Labute approximate surface area is 268 Å². The van der Waals surface area contributed by atoms with Crippen molar-refractivity contribution in [2.45, 2.75) is 32.6 Å². The first kappa shape index (κ1) is 33.8. The summed E-state index contributed by atoms with van der Waals surface area (Å²) in [6.07, 6.45) is 0.887. The molecule has 0 radical (unpaired) electrons. The molecule has 0 saturated carbocycles. The second-order valence-electron chi connectivity index (χ2n) is 10.9. The van der Waals surface area contributed by atoms with Gasteiger partial charge in [-0.3, -0.25) is 9.74 Å². The second-order valence-corrected chi connectivity index (χ2v) is 10.9. The minimum Gasteiger partial charge on any atom is -0.497 e. The summed E-state index contributed by atoms with van der Waals surface area (Å²) in [6.45, 7) is 6.16. The van der Waals surface area contributed by atoms with Crippen LogP contribution >= 0.6 is 0 Å². The van der Waals surface area contributed by atoms with Crippen LogP contribution in [0.4, 0.5) is 0 Å². The third-order valence-electron chi connectivity index (χ3n) is 7.44. The summed E-state index contributed by atoms with van der Waals surface area (Å²) < 4.78 is 21.8. The van der Waals surface area contributed by atoms with Gasteiger partial charge in [0.2, 0.25) is 0 Å². The molecule has 0 aliphatic carbocycles. The van der Waals surface area contributed by atoms with Crippen LogP contribution in [0.15, 0.2) is 97.1 Å². The minimum atomic E-state index is 0.609. The number of hydrogen-bond acceptors (Lipinski definition) is 8. The molecule has 240 valence electrons. The van der Waals surface area contributed by atoms with Crippen molar-refractivity contribution in [1.29, 1.82) is 0 Å². The Bertz CT molecular complexity index is 1230. The summed E-state index contributed by atoms with van der Waals surface area (Å²) in [7, 11) is 6.79. The number of hydrogen-bond donors (Lipinski definition) is 1. The van der Waals surface area contributed by atoms with E-state index in [2.05, 4.69) is 46.6 Å². The van der Waals surface area contributed by atoms with E-state index in [9.17, 15) is 0 Å². The van der Waals surface area contributed by atoms with Crippen LogP contribution in [0.5, 0.6) is 23.0 Å². The van der Waals surface area contributed by atoms with Gasteiger partial charge in [-0.15, -0.1) is 0 Å². The zero-order chi connectivity index (χ0) is 31.7. The highest BCUT2D eigenvalue weighted by Crippen LogP contribution is 2.20. The molecule has 0 amide bonds. The van der Waals surface area contributed by atoms with E-state index in [1.807, 2.05) is 65.7 Å². The lowest BCUT2D eigenvalue weighted by molar-refractivity contribution is -0.174. The van der Waals surface area contributed by atoms with Gasteiger partial charge in [-0.25, -0.2) is 0 Å². The first-order valence-electron chi connectivity index (χ1n) is 15.4. The first-order valence-corrected chi connectivity index (χ1v) is 15.4. The van der Waals surface area contributed by atoms with Crippen molar-refractivity contribution in [2.24, 2.45) is 0 Å². The molecule has 8 heteroatoms. The molecule has 0 atom stereocenters. The van der Waals surface area contributed by atoms with Gasteiger partial charge in [0, 0.05) is 39.3 Å². The Morgan fingerprint density at radius 3 is 1.31 bits per heavy atom. The van der Waals surface area contributed by atoms with E-state index in [1.165, 1.54) is 11.1 Å². The van der Waals surface area contributed by atoms with Gasteiger partial charge < -0.3 is 24.3 Å². The Kier molecular flexibility index (Phi) is 14.0. The summed E-state index contributed by atoms with van der Waals surface area (Å²) in [6, 6.07) is 32.8. The topological polar surface area (TPSA) is 64.7 Å². The molecular formula is C37H47N3O5. The van der Waals surface area contributed by atoms with Gasteiger partial charge in [-0.1, -0.05) is 48.5 Å². The standard InChI is InChI=1S/C37H47N3O5/c1-41-34-14-5-10-30(22-34)26-39(27-31-11-6-15-35(23-31)42-2)20-19-38-18-9-21-45-40(28-32-12-7-16-36(24-32)43-3)29-33-13-8-17-37(25-33)44-4/h5-8,10-17,22-25,38H,9,18-21,26-29H2,1-4H3. The van der Waals surface area contributed by atoms with Crippen molar-refractivity contribution in [2.75, 3.05) is 54.7 Å². The lowest BCUT2D eigenvalue weighted by Gasteiger charge is -2.24. The number of ether oxygens (including phenoxy) is 4. The highest BCUT2D eigenvalue weighted by atomic mass is 16.7. The highest BCUT2D eigenvalue weighted by Gasteiger charge is 2.11. The number of hydroxylamine groups is 2. The average Bonchev–Trinajstić information content (AvgIpc) is 3.08. The smallest absolute Gasteiger partial charge is 0.119 e. The summed E-state index contributed by atoms with van der Waals surface area (Å²) in [5.74, 6) is 3.42. The van der Waals surface area contributed by atoms with Crippen LogP contribution < -0.4 is 24.3 Å². The fourth-order valence-corrected chi connectivity index (χ4v) is 5.12. The third kappa shape index (κ3) is 11.7. The summed E-state index contributed by atoms with van der Waals surface area (Å²) >= 11 is 0. The third-order valence-corrected chi connectivity index (χ3v) is 7.44. The summed E-state index contributed by atoms with van der Waals surface area (Å²) in [5, 5.41) is 5.62. The van der Waals surface area contributed by atoms with E-state index in [-0.39, 0.29) is 0 Å². The first-order chi connectivity index (χ1) is 22.1. The monoisotopic (exact) mass is 613 g/mol. The Morgan fingerprint density at radius 2 is 0.911 bits per heavy atom. The molecule has 0 aliphatic heterocycles. The van der Waals surface area contributed by atoms with Crippen LogP contribution in [0, 0.1) is 0 Å². The maximum atomic E-state index is 6.30. The zero-order valence-electron chi connectivity index (χ0n) is 27.0. The van der Waals surface area contributed by atoms with E-state index in [0.29, 0.717) is 19.7 Å². The van der Waals surface area contributed by atoms with E-state index in [1.54, 1.807) is 28.4 Å². The quantitative estimate of drug-likeness (QED) is 0.0916. The molecule has 0 fully saturated rings. The number of methoxy groups -OCH3 is 4. The average molecular weight is 614 g/mol. The molecule has 0 aromatic heterocycles. The zero-order valence-corrected chi connectivity index (χ0v) is 27.0. The molecule has 0 aliphatic rings. The van der Waals surface area contributed by atoms with Gasteiger partial charge in [0.05, 0.1) is 35.0 Å².